The predicted molar refractivity (Wildman–Crippen MR) is 157 cm³/mol. The summed E-state index contributed by atoms with van der Waals surface area (Å²) in [4.78, 5) is 24.0. The molecule has 4 heterocycles. The van der Waals surface area contributed by atoms with Gasteiger partial charge in [-0.3, -0.25) is 9.48 Å². The molecule has 16 heteroatoms. The van der Waals surface area contributed by atoms with E-state index in [4.69, 9.17) is 10.5 Å². The Morgan fingerprint density at radius 1 is 1.18 bits per heavy atom. The van der Waals surface area contributed by atoms with Gasteiger partial charge in [0.2, 0.25) is 0 Å². The molecule has 0 aliphatic carbocycles. The number of halogens is 5. The molecular formula is C29H23F5N8O2S. The number of nitrogens with zero attached hydrogens (tertiary/aromatic N) is 7. The monoisotopic (exact) mass is 642 g/mol. The molecule has 45 heavy (non-hydrogen) atoms. The number of aryl methyl sites for hydroxylation is 1. The Morgan fingerprint density at radius 3 is 2.60 bits per heavy atom. The fraction of sp³-hybridized carbons (Fsp3) is 0.276. The lowest BCUT2D eigenvalue weighted by molar-refractivity contribution is -0.137. The SMILES string of the molecule is COc1nc(N2CCCn3nc(C(=O)N(C)C)cc3C2)c2cc(C(F)(F)F)c(-c3ccc(F)c4sc(N)c(C#N)c34)c(F)c2n1. The topological polar surface area (TPSA) is 126 Å². The standard InChI is InChI=1S/C29H23F5N8O2S/c1-40(2)27(43)19-9-13-12-41(7-4-8-42(13)39-19)26-15-10-17(29(32,33)34)21(22(31)23(15)37-28(38-26)44-3)14-5-6-18(30)24-20(14)16(11-35)25(36)45-24/h5-6,9-10H,4,7-8,12,36H2,1-3H3. The van der Waals surface area contributed by atoms with Gasteiger partial charge in [-0.05, 0) is 30.2 Å². The number of anilines is 2. The number of aromatic nitrogens is 4. The molecule has 1 aliphatic heterocycles. The van der Waals surface area contributed by atoms with E-state index >= 15 is 4.39 Å². The summed E-state index contributed by atoms with van der Waals surface area (Å²) in [5, 5.41) is 13.5. The van der Waals surface area contributed by atoms with E-state index < -0.39 is 34.5 Å². The molecule has 0 bridgehead atoms. The zero-order valence-electron chi connectivity index (χ0n) is 24.0. The molecule has 3 aromatic heterocycles. The Bertz CT molecular complexity index is 2060. The summed E-state index contributed by atoms with van der Waals surface area (Å²) in [7, 11) is 4.41. The molecule has 0 saturated heterocycles. The van der Waals surface area contributed by atoms with E-state index in [1.165, 1.54) is 12.0 Å². The molecule has 232 valence electrons. The van der Waals surface area contributed by atoms with Gasteiger partial charge in [0.25, 0.3) is 5.91 Å². The first-order valence-corrected chi connectivity index (χ1v) is 14.2. The number of hydrogen-bond donors (Lipinski definition) is 1. The summed E-state index contributed by atoms with van der Waals surface area (Å²) in [6.45, 7) is 0.815. The van der Waals surface area contributed by atoms with Crippen molar-refractivity contribution < 1.29 is 31.5 Å². The molecule has 0 fully saturated rings. The highest BCUT2D eigenvalue weighted by Gasteiger charge is 2.38. The van der Waals surface area contributed by atoms with Gasteiger partial charge < -0.3 is 20.3 Å². The number of nitrogens with two attached hydrogens (primary N) is 1. The maximum absolute atomic E-state index is 16.6. The third-order valence-corrected chi connectivity index (χ3v) is 8.54. The fourth-order valence-electron chi connectivity index (χ4n) is 5.50. The van der Waals surface area contributed by atoms with Crippen molar-refractivity contribution in [3.8, 4) is 23.2 Å². The zero-order chi connectivity index (χ0) is 32.4. The maximum atomic E-state index is 16.6. The molecule has 1 aliphatic rings. The molecule has 6 rings (SSSR count). The largest absolute Gasteiger partial charge is 0.467 e. The smallest absolute Gasteiger partial charge is 0.417 e. The highest BCUT2D eigenvalue weighted by atomic mass is 32.1. The molecule has 2 N–H and O–H groups in total. The van der Waals surface area contributed by atoms with E-state index in [-0.39, 0.29) is 61.6 Å². The summed E-state index contributed by atoms with van der Waals surface area (Å²) >= 11 is 0.684. The summed E-state index contributed by atoms with van der Waals surface area (Å²) in [5.74, 6) is -2.52. The van der Waals surface area contributed by atoms with E-state index in [1.54, 1.807) is 35.8 Å². The van der Waals surface area contributed by atoms with E-state index in [0.717, 1.165) is 18.2 Å². The van der Waals surface area contributed by atoms with Crippen LogP contribution in [-0.2, 0) is 19.3 Å². The van der Waals surface area contributed by atoms with Crippen LogP contribution >= 0.6 is 11.3 Å². The third kappa shape index (κ3) is 4.92. The molecule has 0 spiro atoms. The number of nitrogen functional groups attached to an aromatic ring is 1. The highest BCUT2D eigenvalue weighted by molar-refractivity contribution is 7.23. The molecule has 0 radical (unpaired) electrons. The Balaban J connectivity index is 1.61. The van der Waals surface area contributed by atoms with Gasteiger partial charge in [0.1, 0.15) is 28.2 Å². The predicted octanol–water partition coefficient (Wildman–Crippen LogP) is 5.58. The number of carbonyl (C=O) groups is 1. The highest BCUT2D eigenvalue weighted by Crippen LogP contribution is 2.48. The van der Waals surface area contributed by atoms with Crippen molar-refractivity contribution in [3.05, 3.63) is 58.4 Å². The van der Waals surface area contributed by atoms with Crippen molar-refractivity contribution in [2.75, 3.05) is 38.4 Å². The molecule has 5 aromatic rings. The number of fused-ring (bicyclic) bond motifs is 3. The Kier molecular flexibility index (Phi) is 7.23. The lowest BCUT2D eigenvalue weighted by Gasteiger charge is -2.24. The molecule has 1 amide bonds. The second-order valence-electron chi connectivity index (χ2n) is 10.5. The Labute approximate surface area is 256 Å². The van der Waals surface area contributed by atoms with Crippen molar-refractivity contribution in [2.45, 2.75) is 25.7 Å². The van der Waals surface area contributed by atoms with Crippen LogP contribution in [-0.4, -0.2) is 58.3 Å². The first-order valence-electron chi connectivity index (χ1n) is 13.4. The summed E-state index contributed by atoms with van der Waals surface area (Å²) in [6.07, 6.45) is -4.61. The number of carbonyl (C=O) groups excluding carboxylic acids is 1. The van der Waals surface area contributed by atoms with E-state index in [1.807, 2.05) is 0 Å². The third-order valence-electron chi connectivity index (χ3n) is 7.52. The number of nitriles is 1. The van der Waals surface area contributed by atoms with Gasteiger partial charge in [0, 0.05) is 43.5 Å². The van der Waals surface area contributed by atoms with Crippen molar-refractivity contribution in [1.82, 2.24) is 24.6 Å². The minimum Gasteiger partial charge on any atom is -0.467 e. The lowest BCUT2D eigenvalue weighted by Crippen LogP contribution is -2.25. The van der Waals surface area contributed by atoms with Gasteiger partial charge in [0.15, 0.2) is 11.5 Å². The summed E-state index contributed by atoms with van der Waals surface area (Å²) < 4.78 is 82.4. The van der Waals surface area contributed by atoms with Crippen molar-refractivity contribution >= 4 is 49.1 Å². The average molecular weight is 643 g/mol. The maximum Gasteiger partial charge on any atom is 0.417 e. The summed E-state index contributed by atoms with van der Waals surface area (Å²) in [6, 6.07) is 5.75. The average Bonchev–Trinajstić information content (AvgIpc) is 3.49. The number of ether oxygens (including phenoxy) is 1. The molecule has 0 unspecified atom stereocenters. The quantitative estimate of drug-likeness (QED) is 0.252. The first kappa shape index (κ1) is 30.0. The first-order chi connectivity index (χ1) is 21.3. The van der Waals surface area contributed by atoms with Crippen LogP contribution in [0.4, 0.5) is 32.8 Å². The van der Waals surface area contributed by atoms with Crippen molar-refractivity contribution in [3.63, 3.8) is 0 Å². The number of methoxy groups -OCH3 is 1. The van der Waals surface area contributed by atoms with Gasteiger partial charge in [-0.25, -0.2) is 8.78 Å². The number of amides is 1. The van der Waals surface area contributed by atoms with Crippen LogP contribution in [0, 0.1) is 23.0 Å². The van der Waals surface area contributed by atoms with Crippen LogP contribution in [0.25, 0.3) is 32.1 Å². The van der Waals surface area contributed by atoms with Gasteiger partial charge in [-0.1, -0.05) is 6.07 Å². The second kappa shape index (κ2) is 10.8. The molecular weight excluding hydrogens is 619 g/mol. The van der Waals surface area contributed by atoms with Crippen molar-refractivity contribution in [2.24, 2.45) is 0 Å². The van der Waals surface area contributed by atoms with E-state index in [9.17, 15) is 27.6 Å². The van der Waals surface area contributed by atoms with Gasteiger partial charge in [-0.15, -0.1) is 11.3 Å². The molecule has 2 aromatic carbocycles. The van der Waals surface area contributed by atoms with Crippen LogP contribution in [0.2, 0.25) is 0 Å². The minimum atomic E-state index is -5.09. The van der Waals surface area contributed by atoms with Crippen LogP contribution < -0.4 is 15.4 Å². The Hall–Kier alpha value is -5.04. The zero-order valence-corrected chi connectivity index (χ0v) is 24.8. The number of benzene rings is 2. The number of hydrogen-bond acceptors (Lipinski definition) is 9. The lowest BCUT2D eigenvalue weighted by atomic mass is 9.92. The Morgan fingerprint density at radius 2 is 1.93 bits per heavy atom. The molecule has 0 atom stereocenters. The summed E-state index contributed by atoms with van der Waals surface area (Å²) in [5.41, 5.74) is 3.32. The van der Waals surface area contributed by atoms with Crippen LogP contribution in [0.3, 0.4) is 0 Å². The normalized spacial score (nSPS) is 13.5. The van der Waals surface area contributed by atoms with Crippen LogP contribution in [0.1, 0.15) is 33.7 Å². The number of rotatable bonds is 4. The van der Waals surface area contributed by atoms with E-state index in [0.29, 0.717) is 36.5 Å². The second-order valence-corrected chi connectivity index (χ2v) is 11.6. The van der Waals surface area contributed by atoms with Crippen molar-refractivity contribution in [1.29, 1.82) is 5.26 Å². The van der Waals surface area contributed by atoms with Crippen LogP contribution in [0.15, 0.2) is 24.3 Å². The minimum absolute atomic E-state index is 0.0234. The molecule has 10 nitrogen and oxygen atoms in total. The van der Waals surface area contributed by atoms with Gasteiger partial charge in [0.05, 0.1) is 35.2 Å². The van der Waals surface area contributed by atoms with Crippen LogP contribution in [0.5, 0.6) is 6.01 Å². The van der Waals surface area contributed by atoms with Gasteiger partial charge in [-0.2, -0.15) is 33.5 Å². The number of thiophene rings is 1. The van der Waals surface area contributed by atoms with E-state index in [2.05, 4.69) is 15.1 Å². The fourth-order valence-corrected chi connectivity index (χ4v) is 6.44. The number of alkyl halides is 3. The van der Waals surface area contributed by atoms with Gasteiger partial charge >= 0.3 is 12.2 Å². The molecule has 0 saturated carbocycles.